The van der Waals surface area contributed by atoms with Gasteiger partial charge in [0.25, 0.3) is 0 Å². The molecule has 4 N–H and O–H groups in total. The molecule has 1 atom stereocenters. The summed E-state index contributed by atoms with van der Waals surface area (Å²) in [4.78, 5) is 29.2. The fourth-order valence-electron chi connectivity index (χ4n) is 2.72. The van der Waals surface area contributed by atoms with Crippen molar-refractivity contribution in [2.24, 2.45) is 5.73 Å². The van der Waals surface area contributed by atoms with Gasteiger partial charge in [-0.2, -0.15) is 0 Å². The van der Waals surface area contributed by atoms with Crippen molar-refractivity contribution >= 4 is 17.6 Å². The van der Waals surface area contributed by atoms with Gasteiger partial charge in [-0.25, -0.2) is 4.79 Å². The van der Waals surface area contributed by atoms with Gasteiger partial charge in [-0.3, -0.25) is 4.79 Å². The summed E-state index contributed by atoms with van der Waals surface area (Å²) in [5.41, 5.74) is 11.7. The molecule has 0 aliphatic heterocycles. The second kappa shape index (κ2) is 10.2. The Morgan fingerprint density at radius 3 is 2.10 bits per heavy atom. The lowest BCUT2D eigenvalue weighted by Gasteiger charge is -2.13. The minimum absolute atomic E-state index is 0.239. The maximum atomic E-state index is 12.3. The quantitative estimate of drug-likeness (QED) is 0.515. The SMILES string of the molecule is NC(Cc1ccccc1)C(=O)Nc1ccc(CNOC(=O)c2ccccc2)cc1. The number of hydrogen-bond acceptors (Lipinski definition) is 5. The number of carbonyl (C=O) groups excluding carboxylic acids is 2. The third kappa shape index (κ3) is 6.27. The third-order valence-electron chi connectivity index (χ3n) is 4.31. The fraction of sp³-hybridized carbons (Fsp3) is 0.130. The third-order valence-corrected chi connectivity index (χ3v) is 4.31. The zero-order valence-corrected chi connectivity index (χ0v) is 15.9. The summed E-state index contributed by atoms with van der Waals surface area (Å²) < 4.78 is 0. The molecule has 0 fully saturated rings. The molecule has 0 aliphatic rings. The van der Waals surface area contributed by atoms with Gasteiger partial charge >= 0.3 is 5.97 Å². The number of nitrogens with one attached hydrogen (secondary N) is 2. The van der Waals surface area contributed by atoms with Crippen molar-refractivity contribution < 1.29 is 14.4 Å². The van der Waals surface area contributed by atoms with Crippen molar-refractivity contribution in [3.05, 3.63) is 102 Å². The van der Waals surface area contributed by atoms with Crippen LogP contribution < -0.4 is 16.5 Å². The number of nitrogens with two attached hydrogens (primary N) is 1. The molecule has 6 heteroatoms. The summed E-state index contributed by atoms with van der Waals surface area (Å²) in [6, 6.07) is 25.0. The van der Waals surface area contributed by atoms with Crippen molar-refractivity contribution in [1.82, 2.24) is 5.48 Å². The van der Waals surface area contributed by atoms with E-state index in [0.717, 1.165) is 11.1 Å². The van der Waals surface area contributed by atoms with Crippen LogP contribution in [-0.4, -0.2) is 17.9 Å². The molecule has 3 rings (SSSR count). The second-order valence-electron chi connectivity index (χ2n) is 6.56. The van der Waals surface area contributed by atoms with Crippen molar-refractivity contribution in [1.29, 1.82) is 0 Å². The van der Waals surface area contributed by atoms with Gasteiger partial charge in [-0.05, 0) is 41.8 Å². The van der Waals surface area contributed by atoms with Gasteiger partial charge in [0, 0.05) is 5.69 Å². The maximum Gasteiger partial charge on any atom is 0.356 e. The monoisotopic (exact) mass is 389 g/mol. The summed E-state index contributed by atoms with van der Waals surface area (Å²) in [5.74, 6) is -0.682. The highest BCUT2D eigenvalue weighted by atomic mass is 16.7. The normalized spacial score (nSPS) is 11.5. The smallest absolute Gasteiger partial charge is 0.356 e. The molecular weight excluding hydrogens is 366 g/mol. The molecule has 1 amide bonds. The molecule has 0 aliphatic carbocycles. The first kappa shape index (κ1) is 20.3. The number of rotatable bonds is 8. The van der Waals surface area contributed by atoms with E-state index in [1.54, 1.807) is 36.4 Å². The molecule has 1 unspecified atom stereocenters. The molecule has 0 saturated carbocycles. The lowest BCUT2D eigenvalue weighted by atomic mass is 10.1. The predicted octanol–water partition coefficient (Wildman–Crippen LogP) is 3.06. The van der Waals surface area contributed by atoms with E-state index >= 15 is 0 Å². The zero-order chi connectivity index (χ0) is 20.5. The Bertz CT molecular complexity index is 929. The average Bonchev–Trinajstić information content (AvgIpc) is 2.76. The first-order valence-electron chi connectivity index (χ1n) is 9.30. The largest absolute Gasteiger partial charge is 0.366 e. The van der Waals surface area contributed by atoms with E-state index in [-0.39, 0.29) is 5.91 Å². The van der Waals surface area contributed by atoms with Crippen LogP contribution in [0.1, 0.15) is 21.5 Å². The highest BCUT2D eigenvalue weighted by Crippen LogP contribution is 2.11. The van der Waals surface area contributed by atoms with Crippen LogP contribution >= 0.6 is 0 Å². The minimum atomic E-state index is -0.629. The van der Waals surface area contributed by atoms with Gasteiger partial charge in [0.15, 0.2) is 0 Å². The number of anilines is 1. The molecule has 0 spiro atoms. The van der Waals surface area contributed by atoms with E-state index in [9.17, 15) is 9.59 Å². The molecule has 0 bridgehead atoms. The predicted molar refractivity (Wildman–Crippen MR) is 112 cm³/mol. The second-order valence-corrected chi connectivity index (χ2v) is 6.56. The summed E-state index contributed by atoms with van der Waals surface area (Å²) in [6.07, 6.45) is 0.474. The zero-order valence-electron chi connectivity index (χ0n) is 15.9. The summed E-state index contributed by atoms with van der Waals surface area (Å²) in [7, 11) is 0. The van der Waals surface area contributed by atoms with Crippen molar-refractivity contribution in [2.45, 2.75) is 19.0 Å². The van der Waals surface area contributed by atoms with E-state index < -0.39 is 12.0 Å². The van der Waals surface area contributed by atoms with Gasteiger partial charge in [0.05, 0.1) is 18.2 Å². The Morgan fingerprint density at radius 1 is 0.828 bits per heavy atom. The lowest BCUT2D eigenvalue weighted by molar-refractivity contribution is -0.117. The van der Waals surface area contributed by atoms with Gasteiger partial charge in [-0.15, -0.1) is 5.48 Å². The van der Waals surface area contributed by atoms with Gasteiger partial charge in [-0.1, -0.05) is 60.7 Å². The van der Waals surface area contributed by atoms with Crippen LogP contribution in [0.3, 0.4) is 0 Å². The number of carbonyl (C=O) groups is 2. The van der Waals surface area contributed by atoms with E-state index in [4.69, 9.17) is 10.6 Å². The molecule has 3 aromatic carbocycles. The van der Waals surface area contributed by atoms with Gasteiger partial charge < -0.3 is 15.9 Å². The van der Waals surface area contributed by atoms with Crippen molar-refractivity contribution in [3.63, 3.8) is 0 Å². The van der Waals surface area contributed by atoms with Crippen molar-refractivity contribution in [3.8, 4) is 0 Å². The van der Waals surface area contributed by atoms with Crippen LogP contribution in [0, 0.1) is 0 Å². The molecule has 0 radical (unpaired) electrons. The van der Waals surface area contributed by atoms with E-state index in [1.165, 1.54) is 0 Å². The molecule has 29 heavy (non-hydrogen) atoms. The average molecular weight is 389 g/mol. The minimum Gasteiger partial charge on any atom is -0.366 e. The molecule has 6 nitrogen and oxygen atoms in total. The summed E-state index contributed by atoms with van der Waals surface area (Å²) in [5, 5.41) is 2.82. The van der Waals surface area contributed by atoms with Crippen LogP contribution in [0.5, 0.6) is 0 Å². The highest BCUT2D eigenvalue weighted by molar-refractivity contribution is 5.94. The Kier molecular flexibility index (Phi) is 7.10. The summed E-state index contributed by atoms with van der Waals surface area (Å²) >= 11 is 0. The van der Waals surface area contributed by atoms with E-state index in [0.29, 0.717) is 24.2 Å². The number of benzene rings is 3. The Balaban J connectivity index is 1.44. The van der Waals surface area contributed by atoms with Crippen molar-refractivity contribution in [2.75, 3.05) is 5.32 Å². The fourth-order valence-corrected chi connectivity index (χ4v) is 2.72. The topological polar surface area (TPSA) is 93.5 Å². The lowest BCUT2D eigenvalue weighted by Crippen LogP contribution is -2.37. The number of amides is 1. The Labute approximate surface area is 169 Å². The van der Waals surface area contributed by atoms with Gasteiger partial charge in [0.1, 0.15) is 0 Å². The Hall–Kier alpha value is -3.48. The molecule has 0 aromatic heterocycles. The maximum absolute atomic E-state index is 12.3. The van der Waals surface area contributed by atoms with Crippen LogP contribution in [0.15, 0.2) is 84.9 Å². The Morgan fingerprint density at radius 2 is 1.45 bits per heavy atom. The standard InChI is InChI=1S/C23H23N3O3/c24-21(15-17-7-3-1-4-8-17)22(27)26-20-13-11-18(12-14-20)16-25-29-23(28)19-9-5-2-6-10-19/h1-14,21,25H,15-16,24H2,(H,26,27). The molecule has 0 heterocycles. The number of hydroxylamine groups is 1. The van der Waals surface area contributed by atoms with Crippen LogP contribution in [-0.2, 0) is 22.6 Å². The van der Waals surface area contributed by atoms with E-state index in [1.807, 2.05) is 48.5 Å². The molecule has 0 saturated heterocycles. The highest BCUT2D eigenvalue weighted by Gasteiger charge is 2.14. The summed E-state index contributed by atoms with van der Waals surface area (Å²) in [6.45, 7) is 0.348. The van der Waals surface area contributed by atoms with Gasteiger partial charge in [0.2, 0.25) is 5.91 Å². The van der Waals surface area contributed by atoms with Crippen LogP contribution in [0.4, 0.5) is 5.69 Å². The first-order valence-corrected chi connectivity index (χ1v) is 9.30. The number of hydrogen-bond donors (Lipinski definition) is 3. The molecule has 148 valence electrons. The first-order chi connectivity index (χ1) is 14.1. The molecule has 3 aromatic rings. The molecular formula is C23H23N3O3. The van der Waals surface area contributed by atoms with Crippen LogP contribution in [0.2, 0.25) is 0 Å². The van der Waals surface area contributed by atoms with Crippen LogP contribution in [0.25, 0.3) is 0 Å². The van der Waals surface area contributed by atoms with E-state index in [2.05, 4.69) is 10.8 Å².